The fourth-order valence-electron chi connectivity index (χ4n) is 9.25. The highest BCUT2D eigenvalue weighted by molar-refractivity contribution is 5.83. The smallest absolute Gasteiger partial charge is 0.335 e. The highest BCUT2D eigenvalue weighted by Gasteiger charge is 2.31. The lowest BCUT2D eigenvalue weighted by Crippen LogP contribution is -2.39. The van der Waals surface area contributed by atoms with Crippen LogP contribution >= 0.6 is 0 Å². The van der Waals surface area contributed by atoms with Gasteiger partial charge in [-0.05, 0) is 206 Å². The van der Waals surface area contributed by atoms with Gasteiger partial charge in [0.2, 0.25) is 0 Å². The molecular weight excluding hydrogens is 977 g/mol. The third-order valence-electron chi connectivity index (χ3n) is 14.7. The van der Waals surface area contributed by atoms with Crippen molar-refractivity contribution in [2.24, 2.45) is 0 Å². The van der Waals surface area contributed by atoms with Crippen LogP contribution in [0.15, 0.2) is 49.1 Å². The highest BCUT2D eigenvalue weighted by atomic mass is 16.4. The Hall–Kier alpha value is -5.84. The number of carboxylic acids is 4. The summed E-state index contributed by atoms with van der Waals surface area (Å²) in [5, 5.41) is 65.1. The number of hydrogen-bond acceptors (Lipinski definition) is 16. The maximum atomic E-state index is 9.77. The van der Waals surface area contributed by atoms with E-state index in [2.05, 4.69) is 147 Å². The van der Waals surface area contributed by atoms with Gasteiger partial charge in [0.25, 0.3) is 0 Å². The zero-order chi connectivity index (χ0) is 57.1. The Labute approximate surface area is 448 Å². The topological polar surface area (TPSA) is 295 Å². The summed E-state index contributed by atoms with van der Waals surface area (Å²) in [6.45, 7) is 21.7. The average Bonchev–Trinajstić information content (AvgIpc) is 4.21. The van der Waals surface area contributed by atoms with Gasteiger partial charge in [0, 0.05) is 71.7 Å². The summed E-state index contributed by atoms with van der Waals surface area (Å²) in [7, 11) is 8.80. The maximum absolute atomic E-state index is 9.77. The number of aliphatic hydroxyl groups excluding tert-OH is 4. The summed E-state index contributed by atoms with van der Waals surface area (Å²) in [4.78, 5) is 66.5. The molecule has 4 fully saturated rings. The predicted molar refractivity (Wildman–Crippen MR) is 288 cm³/mol. The third kappa shape index (κ3) is 19.3. The van der Waals surface area contributed by atoms with Crippen LogP contribution < -0.4 is 0 Å². The van der Waals surface area contributed by atoms with E-state index in [1.807, 2.05) is 24.8 Å². The average molecular weight is 1060 g/mol. The van der Waals surface area contributed by atoms with E-state index in [9.17, 15) is 19.2 Å². The van der Waals surface area contributed by atoms with Crippen molar-refractivity contribution in [1.82, 2.24) is 39.5 Å². The van der Waals surface area contributed by atoms with Crippen LogP contribution in [0.5, 0.6) is 0 Å². The molecule has 4 aliphatic heterocycles. The molecule has 4 unspecified atom stereocenters. The lowest BCUT2D eigenvalue weighted by atomic mass is 10.0. The van der Waals surface area contributed by atoms with Crippen LogP contribution in [0.25, 0.3) is 0 Å². The van der Waals surface area contributed by atoms with Crippen LogP contribution in [0.4, 0.5) is 0 Å². The minimum absolute atomic E-state index is 0.599. The fraction of sp³-hybridized carbons (Fsp3) is 0.571. The molecule has 20 nitrogen and oxygen atoms in total. The van der Waals surface area contributed by atoms with Crippen molar-refractivity contribution >= 4 is 23.9 Å². The molecule has 0 amide bonds. The molecule has 8 heterocycles. The first-order chi connectivity index (χ1) is 35.7. The summed E-state index contributed by atoms with van der Waals surface area (Å²) in [6.07, 6.45) is 9.45. The molecule has 0 saturated carbocycles. The first-order valence-electron chi connectivity index (χ1n) is 25.8. The Bertz CT molecular complexity index is 2190. The Balaban J connectivity index is 0.000000242. The normalized spacial score (nSPS) is 21.1. The lowest BCUT2D eigenvalue weighted by Gasteiger charge is -2.20. The van der Waals surface area contributed by atoms with E-state index in [0.717, 1.165) is 22.8 Å². The monoisotopic (exact) mass is 1060 g/mol. The number of hydrogen-bond donors (Lipinski definition) is 8. The minimum atomic E-state index is -2.27. The van der Waals surface area contributed by atoms with Gasteiger partial charge >= 0.3 is 23.9 Å². The number of aryl methyl sites for hydroxylation is 8. The molecule has 4 aromatic rings. The number of aromatic nitrogens is 4. The summed E-state index contributed by atoms with van der Waals surface area (Å²) in [6, 6.07) is 11.5. The molecule has 8 rings (SSSR count). The van der Waals surface area contributed by atoms with Crippen molar-refractivity contribution in [3.05, 3.63) is 116 Å². The van der Waals surface area contributed by atoms with Crippen LogP contribution in [0.3, 0.4) is 0 Å². The standard InChI is InChI=1S/4C12H18N2.2C4H6O6/c4*1-9-7-11(8-13-10(9)2)12-5-4-6-14(12)3;2*5-1(3(7)8)2(6)4(9)10/h4*7-8,12H,4-6H2,1-3H3;2*1-2,5-6H,(H,7,8)(H,9,10)/t4*12-;;/m0000../s1. The lowest BCUT2D eigenvalue weighted by molar-refractivity contribution is -0.165. The number of aliphatic carboxylic acids is 4. The summed E-state index contributed by atoms with van der Waals surface area (Å²) in [5.41, 5.74) is 15.4. The van der Waals surface area contributed by atoms with E-state index < -0.39 is 48.3 Å². The van der Waals surface area contributed by atoms with E-state index >= 15 is 0 Å². The number of pyridine rings is 4. The minimum Gasteiger partial charge on any atom is -0.479 e. The Morgan fingerprint density at radius 1 is 0.382 bits per heavy atom. The molecule has 0 aliphatic carbocycles. The number of carboxylic acid groups (broad SMARTS) is 4. The molecule has 0 radical (unpaired) electrons. The van der Waals surface area contributed by atoms with E-state index in [0.29, 0.717) is 24.2 Å². The fourth-order valence-corrected chi connectivity index (χ4v) is 9.25. The first kappa shape index (κ1) is 64.4. The maximum Gasteiger partial charge on any atom is 0.335 e. The molecule has 76 heavy (non-hydrogen) atoms. The van der Waals surface area contributed by atoms with E-state index in [-0.39, 0.29) is 0 Å². The molecule has 0 aromatic carbocycles. The number of aliphatic hydroxyl groups is 4. The summed E-state index contributed by atoms with van der Waals surface area (Å²) in [5.74, 6) is -7.07. The van der Waals surface area contributed by atoms with Crippen molar-refractivity contribution < 1.29 is 60.0 Å². The van der Waals surface area contributed by atoms with Gasteiger partial charge in [-0.3, -0.25) is 39.5 Å². The second-order valence-electron chi connectivity index (χ2n) is 20.4. The van der Waals surface area contributed by atoms with Gasteiger partial charge in [-0.15, -0.1) is 0 Å². The number of likely N-dealkylation sites (tertiary alicyclic amines) is 4. The molecule has 8 N–H and O–H groups in total. The van der Waals surface area contributed by atoms with Gasteiger partial charge in [-0.25, -0.2) is 19.2 Å². The molecule has 0 spiro atoms. The number of carbonyl (C=O) groups is 4. The second kappa shape index (κ2) is 30.8. The van der Waals surface area contributed by atoms with Crippen LogP contribution in [-0.4, -0.2) is 183 Å². The van der Waals surface area contributed by atoms with Crippen LogP contribution in [-0.2, 0) is 19.2 Å². The van der Waals surface area contributed by atoms with Crippen molar-refractivity contribution in [3.63, 3.8) is 0 Å². The first-order valence-corrected chi connectivity index (χ1v) is 25.8. The summed E-state index contributed by atoms with van der Waals surface area (Å²) >= 11 is 0. The molecule has 4 saturated heterocycles. The summed E-state index contributed by atoms with van der Waals surface area (Å²) < 4.78 is 0. The zero-order valence-corrected chi connectivity index (χ0v) is 46.5. The van der Waals surface area contributed by atoms with Gasteiger partial charge in [-0.2, -0.15) is 0 Å². The largest absolute Gasteiger partial charge is 0.479 e. The van der Waals surface area contributed by atoms with E-state index in [1.54, 1.807) is 0 Å². The molecule has 20 heteroatoms. The van der Waals surface area contributed by atoms with E-state index in [1.165, 1.54) is 122 Å². The van der Waals surface area contributed by atoms with E-state index in [4.69, 9.17) is 40.9 Å². The molecule has 8 atom stereocenters. The highest BCUT2D eigenvalue weighted by Crippen LogP contribution is 2.33. The number of rotatable bonds is 10. The number of nitrogens with zero attached hydrogens (tertiary/aromatic N) is 8. The van der Waals surface area contributed by atoms with Crippen molar-refractivity contribution in [1.29, 1.82) is 0 Å². The Morgan fingerprint density at radius 2 is 0.553 bits per heavy atom. The Kier molecular flexibility index (Phi) is 26.1. The predicted octanol–water partition coefficient (Wildman–Crippen LogP) is 5.62. The van der Waals surface area contributed by atoms with Crippen LogP contribution in [0, 0.1) is 55.4 Å². The molecule has 4 aromatic heterocycles. The van der Waals surface area contributed by atoms with Gasteiger partial charge < -0.3 is 40.9 Å². The van der Waals surface area contributed by atoms with Gasteiger partial charge in [-0.1, -0.05) is 24.3 Å². The van der Waals surface area contributed by atoms with Crippen LogP contribution in [0.1, 0.15) is 143 Å². The second-order valence-corrected chi connectivity index (χ2v) is 20.4. The molecule has 420 valence electrons. The molecule has 0 bridgehead atoms. The molecule has 4 aliphatic rings. The van der Waals surface area contributed by atoms with Gasteiger partial charge in [0.05, 0.1) is 0 Å². The van der Waals surface area contributed by atoms with Crippen molar-refractivity contribution in [2.75, 3.05) is 54.4 Å². The van der Waals surface area contributed by atoms with Crippen LogP contribution in [0.2, 0.25) is 0 Å². The van der Waals surface area contributed by atoms with Crippen molar-refractivity contribution in [2.45, 2.75) is 155 Å². The van der Waals surface area contributed by atoms with Gasteiger partial charge in [0.15, 0.2) is 24.4 Å². The van der Waals surface area contributed by atoms with Crippen molar-refractivity contribution in [3.8, 4) is 0 Å². The molecular formula is C56H84N8O12. The van der Waals surface area contributed by atoms with Gasteiger partial charge in [0.1, 0.15) is 0 Å². The Morgan fingerprint density at radius 3 is 0.671 bits per heavy atom. The third-order valence-corrected chi connectivity index (χ3v) is 14.7. The quantitative estimate of drug-likeness (QED) is 0.0957. The SMILES string of the molecule is Cc1cc([C@@H]2CCCN2C)cnc1C.Cc1cc([C@@H]2CCCN2C)cnc1C.Cc1cc([C@@H]2CCCN2C)cnc1C.Cc1cc([C@@H]2CCCN2C)cnc1C.O=C(O)C(O)C(O)C(=O)O.O=C(O)C(O)C(O)C(=O)O. The zero-order valence-electron chi connectivity index (χ0n) is 46.5.